The zero-order chi connectivity index (χ0) is 15.0. The van der Waals surface area contributed by atoms with E-state index in [9.17, 15) is 13.5 Å². The molecule has 19 heavy (non-hydrogen) atoms. The average Bonchev–Trinajstić information content (AvgIpc) is 2.20. The molecule has 0 aliphatic carbocycles. The predicted molar refractivity (Wildman–Crippen MR) is 82.7 cm³/mol. The van der Waals surface area contributed by atoms with Crippen LogP contribution in [0.3, 0.4) is 0 Å². The average molecular weight is 415 g/mol. The van der Waals surface area contributed by atoms with Gasteiger partial charge in [0.15, 0.2) is 0 Å². The van der Waals surface area contributed by atoms with Crippen LogP contribution in [0, 0.1) is 6.92 Å². The van der Waals surface area contributed by atoms with Crippen LogP contribution in [0.1, 0.15) is 19.4 Å². The van der Waals surface area contributed by atoms with Gasteiger partial charge < -0.3 is 5.11 Å². The first-order valence-electron chi connectivity index (χ1n) is 5.59. The Morgan fingerprint density at radius 2 is 1.79 bits per heavy atom. The highest BCUT2D eigenvalue weighted by molar-refractivity contribution is 9.11. The molecule has 0 bridgehead atoms. The molecular weight excluding hydrogens is 398 g/mol. The third-order valence-corrected chi connectivity index (χ3v) is 6.13. The third-order valence-electron chi connectivity index (χ3n) is 2.51. The summed E-state index contributed by atoms with van der Waals surface area (Å²) in [5, 5.41) is 9.74. The predicted octanol–water partition coefficient (Wildman–Crippen LogP) is 2.91. The molecule has 0 fully saturated rings. The number of hydrogen-bond acceptors (Lipinski definition) is 3. The van der Waals surface area contributed by atoms with Crippen molar-refractivity contribution < 1.29 is 13.5 Å². The maximum Gasteiger partial charge on any atom is 0.244 e. The second-order valence-corrected chi connectivity index (χ2v) is 8.83. The van der Waals surface area contributed by atoms with Gasteiger partial charge in [-0.15, -0.1) is 0 Å². The molecule has 0 aliphatic rings. The van der Waals surface area contributed by atoms with E-state index < -0.39 is 15.6 Å². The Labute approximate surface area is 131 Å². The van der Waals surface area contributed by atoms with E-state index in [2.05, 4.69) is 31.9 Å². The summed E-state index contributed by atoms with van der Waals surface area (Å²) in [6.45, 7) is 5.04. The molecule has 0 unspecified atom stereocenters. The fraction of sp³-hybridized carbons (Fsp3) is 0.500. The number of aliphatic hydroxyl groups is 1. The van der Waals surface area contributed by atoms with Crippen molar-refractivity contribution in [2.45, 2.75) is 31.3 Å². The third kappa shape index (κ3) is 4.26. The Morgan fingerprint density at radius 3 is 2.26 bits per heavy atom. The van der Waals surface area contributed by atoms with Gasteiger partial charge in [0.1, 0.15) is 0 Å². The van der Waals surface area contributed by atoms with Crippen LogP contribution >= 0.6 is 31.9 Å². The number of hydrogen-bond donors (Lipinski definition) is 1. The number of halogens is 2. The number of aryl methyl sites for hydroxylation is 1. The number of likely N-dealkylation sites (N-methyl/N-ethyl adjacent to an activating group) is 1. The van der Waals surface area contributed by atoms with Gasteiger partial charge in [-0.25, -0.2) is 8.42 Å². The molecule has 0 aromatic heterocycles. The van der Waals surface area contributed by atoms with E-state index in [1.165, 1.54) is 7.05 Å². The number of sulfonamides is 1. The van der Waals surface area contributed by atoms with Crippen molar-refractivity contribution in [1.82, 2.24) is 4.31 Å². The van der Waals surface area contributed by atoms with Crippen LogP contribution in [0.4, 0.5) is 0 Å². The lowest BCUT2D eigenvalue weighted by molar-refractivity contribution is 0.0640. The normalized spacial score (nSPS) is 13.1. The van der Waals surface area contributed by atoms with Crippen molar-refractivity contribution in [1.29, 1.82) is 0 Å². The summed E-state index contributed by atoms with van der Waals surface area (Å²) in [5.74, 6) is 0. The van der Waals surface area contributed by atoms with E-state index in [1.807, 2.05) is 6.92 Å². The monoisotopic (exact) mass is 413 g/mol. The Hall–Kier alpha value is 0.0500. The van der Waals surface area contributed by atoms with Crippen LogP contribution in [0.5, 0.6) is 0 Å². The summed E-state index contributed by atoms with van der Waals surface area (Å²) >= 11 is 6.61. The molecule has 0 spiro atoms. The van der Waals surface area contributed by atoms with Crippen LogP contribution in [-0.4, -0.2) is 37.0 Å². The maximum absolute atomic E-state index is 12.5. The molecule has 1 aromatic rings. The topological polar surface area (TPSA) is 57.6 Å². The summed E-state index contributed by atoms with van der Waals surface area (Å²) < 4.78 is 27.3. The zero-order valence-electron chi connectivity index (χ0n) is 11.2. The van der Waals surface area contributed by atoms with Gasteiger partial charge >= 0.3 is 0 Å². The van der Waals surface area contributed by atoms with E-state index in [4.69, 9.17) is 0 Å². The van der Waals surface area contributed by atoms with Crippen molar-refractivity contribution in [3.8, 4) is 0 Å². The maximum atomic E-state index is 12.5. The van der Waals surface area contributed by atoms with Crippen molar-refractivity contribution in [2.75, 3.05) is 13.6 Å². The van der Waals surface area contributed by atoms with Gasteiger partial charge in [0, 0.05) is 22.5 Å². The van der Waals surface area contributed by atoms with E-state index in [0.29, 0.717) is 4.47 Å². The van der Waals surface area contributed by atoms with Crippen LogP contribution in [0.25, 0.3) is 0 Å². The highest BCUT2D eigenvalue weighted by Crippen LogP contribution is 2.30. The molecule has 0 atom stereocenters. The fourth-order valence-electron chi connectivity index (χ4n) is 1.62. The second-order valence-electron chi connectivity index (χ2n) is 5.11. The van der Waals surface area contributed by atoms with Gasteiger partial charge in [-0.2, -0.15) is 4.31 Å². The number of benzene rings is 1. The van der Waals surface area contributed by atoms with E-state index in [0.717, 1.165) is 14.3 Å². The highest BCUT2D eigenvalue weighted by Gasteiger charge is 2.28. The minimum Gasteiger partial charge on any atom is -0.389 e. The SMILES string of the molecule is Cc1cc(Br)c(S(=O)(=O)N(C)CC(C)(C)O)cc1Br. The van der Waals surface area contributed by atoms with Crippen molar-refractivity contribution in [3.05, 3.63) is 26.6 Å². The van der Waals surface area contributed by atoms with Crippen LogP contribution in [0.2, 0.25) is 0 Å². The fourth-order valence-corrected chi connectivity index (χ4v) is 4.58. The second kappa shape index (κ2) is 5.81. The van der Waals surface area contributed by atoms with Gasteiger partial charge in [-0.3, -0.25) is 0 Å². The molecule has 0 aliphatic heterocycles. The summed E-state index contributed by atoms with van der Waals surface area (Å²) in [5.41, 5.74) is -0.146. The van der Waals surface area contributed by atoms with Gasteiger partial charge in [0.05, 0.1) is 10.5 Å². The summed E-state index contributed by atoms with van der Waals surface area (Å²) in [4.78, 5) is 0.178. The van der Waals surface area contributed by atoms with E-state index >= 15 is 0 Å². The van der Waals surface area contributed by atoms with Gasteiger partial charge in [0.25, 0.3) is 0 Å². The first-order chi connectivity index (χ1) is 8.45. The van der Waals surface area contributed by atoms with Crippen molar-refractivity contribution >= 4 is 41.9 Å². The summed E-state index contributed by atoms with van der Waals surface area (Å²) in [6.07, 6.45) is 0. The number of rotatable bonds is 4. The Bertz CT molecular complexity index is 579. The van der Waals surface area contributed by atoms with Gasteiger partial charge in [-0.1, -0.05) is 15.9 Å². The van der Waals surface area contributed by atoms with Crippen LogP contribution < -0.4 is 0 Å². The van der Waals surface area contributed by atoms with Gasteiger partial charge in [-0.05, 0) is 54.4 Å². The minimum absolute atomic E-state index is 0.0211. The molecular formula is C12H17Br2NO3S. The zero-order valence-corrected chi connectivity index (χ0v) is 15.2. The van der Waals surface area contributed by atoms with Gasteiger partial charge in [0.2, 0.25) is 10.0 Å². The summed E-state index contributed by atoms with van der Waals surface area (Å²) in [7, 11) is -2.19. The Morgan fingerprint density at radius 1 is 1.26 bits per heavy atom. The Kier molecular flexibility index (Phi) is 5.23. The summed E-state index contributed by atoms with van der Waals surface area (Å²) in [6, 6.07) is 3.31. The highest BCUT2D eigenvalue weighted by atomic mass is 79.9. The molecule has 1 rings (SSSR count). The molecule has 1 aromatic carbocycles. The molecule has 0 heterocycles. The molecule has 1 N–H and O–H groups in total. The molecule has 7 heteroatoms. The quantitative estimate of drug-likeness (QED) is 0.823. The first kappa shape index (κ1) is 17.1. The van der Waals surface area contributed by atoms with Crippen molar-refractivity contribution in [2.24, 2.45) is 0 Å². The smallest absolute Gasteiger partial charge is 0.244 e. The standard InChI is InChI=1S/C12H17Br2NO3S/c1-8-5-10(14)11(6-9(8)13)19(17,18)15(4)7-12(2,3)16/h5-6,16H,7H2,1-4H3. The molecule has 0 radical (unpaired) electrons. The van der Waals surface area contributed by atoms with E-state index in [1.54, 1.807) is 26.0 Å². The van der Waals surface area contributed by atoms with E-state index in [-0.39, 0.29) is 11.4 Å². The number of nitrogens with zero attached hydrogens (tertiary/aromatic N) is 1. The lowest BCUT2D eigenvalue weighted by Gasteiger charge is -2.25. The lowest BCUT2D eigenvalue weighted by atomic mass is 10.1. The molecule has 0 saturated heterocycles. The molecule has 4 nitrogen and oxygen atoms in total. The molecule has 0 amide bonds. The molecule has 108 valence electrons. The molecule has 0 saturated carbocycles. The van der Waals surface area contributed by atoms with Crippen LogP contribution in [-0.2, 0) is 10.0 Å². The lowest BCUT2D eigenvalue weighted by Crippen LogP contribution is -2.39. The largest absolute Gasteiger partial charge is 0.389 e. The Balaban J connectivity index is 3.25. The van der Waals surface area contributed by atoms with Crippen LogP contribution in [0.15, 0.2) is 26.0 Å². The van der Waals surface area contributed by atoms with Crippen molar-refractivity contribution in [3.63, 3.8) is 0 Å². The first-order valence-corrected chi connectivity index (χ1v) is 8.62. The minimum atomic E-state index is -3.65.